The largest absolute Gasteiger partial charge is 0.488 e. The van der Waals surface area contributed by atoms with Crippen molar-refractivity contribution in [2.24, 2.45) is 5.92 Å². The highest BCUT2D eigenvalue weighted by atomic mass is 19.3. The van der Waals surface area contributed by atoms with E-state index in [1.54, 1.807) is 31.2 Å². The van der Waals surface area contributed by atoms with Gasteiger partial charge >= 0.3 is 0 Å². The van der Waals surface area contributed by atoms with Crippen molar-refractivity contribution >= 4 is 11.7 Å². The van der Waals surface area contributed by atoms with Gasteiger partial charge in [0, 0.05) is 18.2 Å². The van der Waals surface area contributed by atoms with Gasteiger partial charge in [-0.3, -0.25) is 9.59 Å². The molecule has 0 atom stereocenters. The summed E-state index contributed by atoms with van der Waals surface area (Å²) in [7, 11) is 0. The zero-order valence-electron chi connectivity index (χ0n) is 16.4. The van der Waals surface area contributed by atoms with Crippen LogP contribution in [-0.4, -0.2) is 34.7 Å². The van der Waals surface area contributed by atoms with Gasteiger partial charge in [-0.2, -0.15) is 0 Å². The van der Waals surface area contributed by atoms with Crippen LogP contribution >= 0.6 is 0 Å². The fourth-order valence-corrected chi connectivity index (χ4v) is 2.91. The number of nitrogens with zero attached hydrogens (tertiary/aromatic N) is 2. The number of hydrogen-bond donors (Lipinski definition) is 1. The van der Waals surface area contributed by atoms with Crippen molar-refractivity contribution in [2.45, 2.75) is 46.1 Å². The number of aryl methyl sites for hydroxylation is 2. The van der Waals surface area contributed by atoms with Crippen molar-refractivity contribution in [2.75, 3.05) is 6.61 Å². The molecule has 1 heterocycles. The van der Waals surface area contributed by atoms with Crippen LogP contribution in [0.15, 0.2) is 24.3 Å². The summed E-state index contributed by atoms with van der Waals surface area (Å²) in [4.78, 5) is 33.0. The Morgan fingerprint density at radius 2 is 1.97 bits per heavy atom. The van der Waals surface area contributed by atoms with Crippen molar-refractivity contribution in [3.63, 3.8) is 0 Å². The first-order chi connectivity index (χ1) is 13.8. The Kier molecular flexibility index (Phi) is 6.51. The first-order valence-corrected chi connectivity index (χ1v) is 9.47. The SMILES string of the molecule is Cc1cc(C(=O)NCc2ccc(OCC(F)F)cc2C)nc(CC(=O)C2CC2)n1. The van der Waals surface area contributed by atoms with Gasteiger partial charge in [0.05, 0.1) is 6.42 Å². The van der Waals surface area contributed by atoms with E-state index in [1.807, 2.05) is 6.92 Å². The summed E-state index contributed by atoms with van der Waals surface area (Å²) in [5.74, 6) is 0.588. The molecule has 1 aliphatic carbocycles. The van der Waals surface area contributed by atoms with Crippen LogP contribution in [0.4, 0.5) is 8.78 Å². The molecule has 1 aliphatic rings. The maximum absolute atomic E-state index is 12.5. The standard InChI is InChI=1S/C21H23F2N3O3/c1-12-7-16(29-11-19(22)23)6-5-15(12)10-24-21(28)17-8-13(2)25-20(26-17)9-18(27)14-3-4-14/h5-8,14,19H,3-4,9-11H2,1-2H3,(H,24,28). The molecule has 6 nitrogen and oxygen atoms in total. The van der Waals surface area contributed by atoms with Crippen molar-refractivity contribution in [1.29, 1.82) is 0 Å². The number of ketones is 1. The number of nitrogens with one attached hydrogen (secondary N) is 1. The fraction of sp³-hybridized carbons (Fsp3) is 0.429. The molecule has 1 saturated carbocycles. The van der Waals surface area contributed by atoms with E-state index in [4.69, 9.17) is 4.74 Å². The second-order valence-electron chi connectivity index (χ2n) is 7.20. The number of ether oxygens (including phenoxy) is 1. The van der Waals surface area contributed by atoms with Crippen molar-refractivity contribution in [3.8, 4) is 5.75 Å². The van der Waals surface area contributed by atoms with Crippen molar-refractivity contribution in [1.82, 2.24) is 15.3 Å². The third-order valence-corrected chi connectivity index (χ3v) is 4.63. The molecule has 1 amide bonds. The van der Waals surface area contributed by atoms with E-state index in [1.165, 1.54) is 0 Å². The minimum absolute atomic E-state index is 0.117. The number of carbonyl (C=O) groups is 2. The Labute approximate surface area is 167 Å². The van der Waals surface area contributed by atoms with Crippen LogP contribution in [0.25, 0.3) is 0 Å². The van der Waals surface area contributed by atoms with Crippen LogP contribution in [0.5, 0.6) is 5.75 Å². The van der Waals surface area contributed by atoms with Crippen molar-refractivity contribution < 1.29 is 23.1 Å². The zero-order chi connectivity index (χ0) is 21.0. The molecule has 0 unspecified atom stereocenters. The average molecular weight is 403 g/mol. The molecule has 29 heavy (non-hydrogen) atoms. The molecule has 0 spiro atoms. The van der Waals surface area contributed by atoms with Crippen LogP contribution in [0.3, 0.4) is 0 Å². The van der Waals surface area contributed by atoms with Gasteiger partial charge in [-0.25, -0.2) is 18.7 Å². The molecule has 1 aromatic heterocycles. The lowest BCUT2D eigenvalue weighted by atomic mass is 10.1. The molecular weight excluding hydrogens is 380 g/mol. The van der Waals surface area contributed by atoms with Gasteiger partial charge in [0.15, 0.2) is 0 Å². The molecule has 0 aliphatic heterocycles. The van der Waals surface area contributed by atoms with Crippen LogP contribution in [-0.2, 0) is 17.8 Å². The highest BCUT2D eigenvalue weighted by Crippen LogP contribution is 2.30. The van der Waals surface area contributed by atoms with Gasteiger partial charge in [0.25, 0.3) is 12.3 Å². The van der Waals surface area contributed by atoms with Gasteiger partial charge in [-0.1, -0.05) is 6.07 Å². The second-order valence-corrected chi connectivity index (χ2v) is 7.20. The van der Waals surface area contributed by atoms with Gasteiger partial charge in [-0.15, -0.1) is 0 Å². The van der Waals surface area contributed by atoms with Crippen LogP contribution in [0, 0.1) is 19.8 Å². The molecule has 0 bridgehead atoms. The minimum Gasteiger partial charge on any atom is -0.488 e. The number of rotatable bonds is 9. The average Bonchev–Trinajstić information content (AvgIpc) is 3.50. The van der Waals surface area contributed by atoms with Crippen LogP contribution in [0.2, 0.25) is 0 Å². The number of hydrogen-bond acceptors (Lipinski definition) is 5. The monoisotopic (exact) mass is 403 g/mol. The number of alkyl halides is 2. The predicted molar refractivity (Wildman–Crippen MR) is 102 cm³/mol. The molecule has 1 aromatic carbocycles. The summed E-state index contributed by atoms with van der Waals surface area (Å²) < 4.78 is 29.5. The van der Waals surface area contributed by atoms with Gasteiger partial charge < -0.3 is 10.1 Å². The van der Waals surface area contributed by atoms with E-state index in [0.717, 1.165) is 24.0 Å². The topological polar surface area (TPSA) is 81.2 Å². The summed E-state index contributed by atoms with van der Waals surface area (Å²) in [6.45, 7) is 3.16. The van der Waals surface area contributed by atoms with E-state index in [-0.39, 0.29) is 36.3 Å². The lowest BCUT2D eigenvalue weighted by molar-refractivity contribution is -0.119. The molecule has 1 N–H and O–H groups in total. The Balaban J connectivity index is 1.61. The Bertz CT molecular complexity index is 914. The van der Waals surface area contributed by atoms with Gasteiger partial charge in [0.1, 0.15) is 29.7 Å². The maximum Gasteiger partial charge on any atom is 0.272 e. The molecule has 3 rings (SSSR count). The predicted octanol–water partition coefficient (Wildman–Crippen LogP) is 3.19. The quantitative estimate of drug-likeness (QED) is 0.696. The Hall–Kier alpha value is -2.90. The third kappa shape index (κ3) is 6.04. The third-order valence-electron chi connectivity index (χ3n) is 4.63. The van der Waals surface area contributed by atoms with Gasteiger partial charge in [0.2, 0.25) is 0 Å². The maximum atomic E-state index is 12.5. The lowest BCUT2D eigenvalue weighted by Gasteiger charge is -2.11. The number of aromatic nitrogens is 2. The Morgan fingerprint density at radius 3 is 2.62 bits per heavy atom. The van der Waals surface area contributed by atoms with Crippen LogP contribution in [0.1, 0.15) is 46.0 Å². The summed E-state index contributed by atoms with van der Waals surface area (Å²) in [5.41, 5.74) is 2.48. The van der Waals surface area contributed by atoms with E-state index in [9.17, 15) is 18.4 Å². The van der Waals surface area contributed by atoms with Crippen LogP contribution < -0.4 is 10.1 Å². The summed E-state index contributed by atoms with van der Waals surface area (Å²) in [6.07, 6.45) is -0.548. The molecule has 1 fully saturated rings. The number of halogens is 2. The number of benzene rings is 1. The zero-order valence-corrected chi connectivity index (χ0v) is 16.4. The van der Waals surface area contributed by atoms with E-state index >= 15 is 0 Å². The molecular formula is C21H23F2N3O3. The molecule has 8 heteroatoms. The number of carbonyl (C=O) groups excluding carboxylic acids is 2. The van der Waals surface area contributed by atoms with Gasteiger partial charge in [-0.05, 0) is 56.0 Å². The fourth-order valence-electron chi connectivity index (χ4n) is 2.91. The van der Waals surface area contributed by atoms with E-state index in [2.05, 4.69) is 15.3 Å². The van der Waals surface area contributed by atoms with Crippen molar-refractivity contribution in [3.05, 3.63) is 52.6 Å². The Morgan fingerprint density at radius 1 is 1.21 bits per heavy atom. The second kappa shape index (κ2) is 9.07. The smallest absolute Gasteiger partial charge is 0.272 e. The molecule has 0 radical (unpaired) electrons. The number of amides is 1. The van der Waals surface area contributed by atoms with E-state index in [0.29, 0.717) is 17.3 Å². The summed E-state index contributed by atoms with van der Waals surface area (Å²) in [6, 6.07) is 6.55. The lowest BCUT2D eigenvalue weighted by Crippen LogP contribution is -2.25. The molecule has 154 valence electrons. The highest BCUT2D eigenvalue weighted by molar-refractivity contribution is 5.92. The normalized spacial score (nSPS) is 13.4. The summed E-state index contributed by atoms with van der Waals surface area (Å²) >= 11 is 0. The molecule has 2 aromatic rings. The number of Topliss-reactive ketones (excluding diaryl/α,β-unsaturated/α-hetero) is 1. The minimum atomic E-state index is -2.53. The molecule has 0 saturated heterocycles. The highest BCUT2D eigenvalue weighted by Gasteiger charge is 2.30. The summed E-state index contributed by atoms with van der Waals surface area (Å²) in [5, 5.41) is 2.79. The first kappa shape index (κ1) is 20.8. The van der Waals surface area contributed by atoms with E-state index < -0.39 is 13.0 Å². The first-order valence-electron chi connectivity index (χ1n) is 9.47.